The van der Waals surface area contributed by atoms with Crippen LogP contribution in [0, 0.1) is 0 Å². The van der Waals surface area contributed by atoms with Gasteiger partial charge < -0.3 is 29.9 Å². The quantitative estimate of drug-likeness (QED) is 0.166. The number of benzene rings is 4. The van der Waals surface area contributed by atoms with Crippen molar-refractivity contribution in [1.29, 1.82) is 0 Å². The summed E-state index contributed by atoms with van der Waals surface area (Å²) in [4.78, 5) is 49.9. The normalized spacial score (nSPS) is 20.3. The zero-order chi connectivity index (χ0) is 38.2. The summed E-state index contributed by atoms with van der Waals surface area (Å²) in [6.45, 7) is 9.78. The number of carbonyl (C=O) groups is 3. The Balaban J connectivity index is 0.907. The monoisotopic (exact) mass is 735 g/mol. The molecular weight excluding hydrogens is 687 g/mol. The van der Waals surface area contributed by atoms with Crippen LogP contribution in [-0.2, 0) is 22.7 Å². The van der Waals surface area contributed by atoms with Crippen LogP contribution in [0.5, 0.6) is 0 Å². The molecule has 3 amide bonds. The number of rotatable bonds is 8. The second-order valence-corrected chi connectivity index (χ2v) is 15.0. The van der Waals surface area contributed by atoms with Crippen LogP contribution in [0.25, 0.3) is 11.3 Å². The average molecular weight is 736 g/mol. The number of nitrogens with one attached hydrogen (secondary N) is 2. The van der Waals surface area contributed by atoms with Crippen LogP contribution >= 0.6 is 0 Å². The fourth-order valence-corrected chi connectivity index (χ4v) is 8.60. The largest absolute Gasteiger partial charge is 0.378 e. The van der Waals surface area contributed by atoms with Crippen molar-refractivity contribution in [3.8, 4) is 11.3 Å². The molecule has 10 nitrogen and oxygen atoms in total. The van der Waals surface area contributed by atoms with Crippen LogP contribution in [0.1, 0.15) is 92.8 Å². The van der Waals surface area contributed by atoms with Gasteiger partial charge in [0.05, 0.1) is 24.3 Å². The van der Waals surface area contributed by atoms with Crippen LogP contribution < -0.4 is 20.4 Å². The molecule has 282 valence electrons. The van der Waals surface area contributed by atoms with E-state index in [1.165, 1.54) is 0 Å². The van der Waals surface area contributed by atoms with Gasteiger partial charge in [0.2, 0.25) is 11.8 Å². The third-order valence-corrected chi connectivity index (χ3v) is 11.4. The van der Waals surface area contributed by atoms with E-state index in [-0.39, 0.29) is 41.9 Å². The van der Waals surface area contributed by atoms with Gasteiger partial charge in [-0.15, -0.1) is 0 Å². The van der Waals surface area contributed by atoms with Gasteiger partial charge in [-0.1, -0.05) is 62.4 Å². The maximum atomic E-state index is 13.7. The summed E-state index contributed by atoms with van der Waals surface area (Å²) in [5.41, 5.74) is 8.70. The van der Waals surface area contributed by atoms with E-state index in [0.29, 0.717) is 38.0 Å². The molecule has 4 aromatic carbocycles. The number of nitrogens with zero attached hydrogens (tertiary/aromatic N) is 5. The number of fused-ring (bicyclic) bond motifs is 3. The van der Waals surface area contributed by atoms with Crippen LogP contribution in [0.4, 0.5) is 22.7 Å². The summed E-state index contributed by atoms with van der Waals surface area (Å²) in [6, 6.07) is 32.7. The number of carbonyl (C=O) groups excluding carboxylic acids is 3. The lowest BCUT2D eigenvalue weighted by molar-refractivity contribution is -0.119. The highest BCUT2D eigenvalue weighted by Gasteiger charge is 2.34. The third kappa shape index (κ3) is 6.97. The maximum Gasteiger partial charge on any atom is 0.254 e. The first kappa shape index (κ1) is 36.1. The lowest BCUT2D eigenvalue weighted by atomic mass is 9.91. The minimum absolute atomic E-state index is 0.0103. The molecule has 4 atom stereocenters. The molecular formula is C45H49N7O3. The summed E-state index contributed by atoms with van der Waals surface area (Å²) in [5.74, 6) is 1.15. The molecule has 0 saturated carbocycles. The molecule has 4 heterocycles. The molecule has 3 aliphatic rings. The first-order valence-electron chi connectivity index (χ1n) is 19.6. The molecule has 0 spiro atoms. The Hall–Kier alpha value is -5.90. The SMILES string of the molecule is CCC(=O)N1c2ccccc2[C@H](Nc2ccc(C(=O)N3CCn4cc(-c5ccc(N[C@@H]6C[C@H](C)N(C(=O)CC)c7ccccc76)cc5)nc4C3)cc2)C[C@@H]1C. The molecule has 1 aromatic heterocycles. The third-order valence-electron chi connectivity index (χ3n) is 11.4. The number of hydrogen-bond acceptors (Lipinski definition) is 6. The molecule has 55 heavy (non-hydrogen) atoms. The van der Waals surface area contributed by atoms with Gasteiger partial charge in [-0.3, -0.25) is 14.4 Å². The van der Waals surface area contributed by atoms with E-state index in [4.69, 9.17) is 4.98 Å². The summed E-state index contributed by atoms with van der Waals surface area (Å²) in [7, 11) is 0. The number of hydrogen-bond donors (Lipinski definition) is 2. The molecule has 0 unspecified atom stereocenters. The molecule has 2 N–H and O–H groups in total. The predicted octanol–water partition coefficient (Wildman–Crippen LogP) is 8.58. The summed E-state index contributed by atoms with van der Waals surface area (Å²) >= 11 is 0. The first-order chi connectivity index (χ1) is 26.7. The topological polar surface area (TPSA) is 103 Å². The van der Waals surface area contributed by atoms with Crippen molar-refractivity contribution in [1.82, 2.24) is 14.5 Å². The Labute approximate surface area is 323 Å². The van der Waals surface area contributed by atoms with E-state index in [2.05, 4.69) is 71.6 Å². The Morgan fingerprint density at radius 2 is 1.18 bits per heavy atom. The fraction of sp³-hybridized carbons (Fsp3) is 0.333. The molecule has 0 bridgehead atoms. The second kappa shape index (κ2) is 15.1. The van der Waals surface area contributed by atoms with Gasteiger partial charge in [0, 0.05) is 78.1 Å². The molecule has 8 rings (SSSR count). The van der Waals surface area contributed by atoms with Crippen molar-refractivity contribution in [3.63, 3.8) is 0 Å². The van der Waals surface area contributed by atoms with Gasteiger partial charge in [0.25, 0.3) is 5.91 Å². The number of para-hydroxylation sites is 2. The minimum atomic E-state index is -0.0103. The van der Waals surface area contributed by atoms with Crippen molar-refractivity contribution in [2.75, 3.05) is 27.0 Å². The highest BCUT2D eigenvalue weighted by atomic mass is 16.2. The molecule has 0 saturated heterocycles. The first-order valence-corrected chi connectivity index (χ1v) is 19.6. The molecule has 10 heteroatoms. The Morgan fingerprint density at radius 3 is 1.71 bits per heavy atom. The van der Waals surface area contributed by atoms with Gasteiger partial charge in [0.15, 0.2) is 0 Å². The van der Waals surface area contributed by atoms with E-state index in [1.54, 1.807) is 0 Å². The van der Waals surface area contributed by atoms with E-state index >= 15 is 0 Å². The van der Waals surface area contributed by atoms with Crippen molar-refractivity contribution in [2.45, 2.75) is 90.6 Å². The predicted molar refractivity (Wildman–Crippen MR) is 218 cm³/mol. The van der Waals surface area contributed by atoms with Crippen LogP contribution in [0.2, 0.25) is 0 Å². The van der Waals surface area contributed by atoms with Crippen LogP contribution in [0.3, 0.4) is 0 Å². The summed E-state index contributed by atoms with van der Waals surface area (Å²) < 4.78 is 2.15. The number of amides is 3. The lowest BCUT2D eigenvalue weighted by Gasteiger charge is -2.40. The standard InChI is InChI=1S/C45H49N7O3/c1-5-43(53)51-29(3)25-37(35-11-7-9-13-40(35)51)46-33-19-15-31(16-20-33)39-27-49-23-24-50(28-42(49)48-39)45(55)32-17-21-34(22-18-32)47-38-26-30(4)52(44(54)6-2)41-14-10-8-12-36(38)41/h7-22,27,29-30,37-38,46-47H,5-6,23-26,28H2,1-4H3/t29-,30-,37+,38+/m0/s1. The van der Waals surface area contributed by atoms with Crippen molar-refractivity contribution < 1.29 is 14.4 Å². The smallest absolute Gasteiger partial charge is 0.254 e. The lowest BCUT2D eigenvalue weighted by Crippen LogP contribution is -2.44. The minimum Gasteiger partial charge on any atom is -0.378 e. The van der Waals surface area contributed by atoms with E-state index in [1.807, 2.05) is 89.2 Å². The van der Waals surface area contributed by atoms with E-state index < -0.39 is 0 Å². The number of anilines is 4. The summed E-state index contributed by atoms with van der Waals surface area (Å²) in [5, 5.41) is 7.38. The molecule has 5 aromatic rings. The molecule has 0 fully saturated rings. The van der Waals surface area contributed by atoms with Crippen LogP contribution in [-0.4, -0.2) is 50.8 Å². The van der Waals surface area contributed by atoms with Gasteiger partial charge >= 0.3 is 0 Å². The Bertz CT molecular complexity index is 2210. The van der Waals surface area contributed by atoms with Crippen molar-refractivity contribution in [2.24, 2.45) is 0 Å². The molecule has 0 radical (unpaired) electrons. The second-order valence-electron chi connectivity index (χ2n) is 15.0. The highest BCUT2D eigenvalue weighted by Crippen LogP contribution is 2.41. The summed E-state index contributed by atoms with van der Waals surface area (Å²) in [6.07, 6.45) is 4.66. The number of aromatic nitrogens is 2. The van der Waals surface area contributed by atoms with Crippen molar-refractivity contribution >= 4 is 40.5 Å². The zero-order valence-corrected chi connectivity index (χ0v) is 32.0. The maximum absolute atomic E-state index is 13.7. The van der Waals surface area contributed by atoms with E-state index in [9.17, 15) is 14.4 Å². The Morgan fingerprint density at radius 1 is 0.673 bits per heavy atom. The van der Waals surface area contributed by atoms with Gasteiger partial charge in [0.1, 0.15) is 5.82 Å². The zero-order valence-electron chi connectivity index (χ0n) is 32.0. The Kier molecular flexibility index (Phi) is 9.90. The molecule has 0 aliphatic carbocycles. The van der Waals surface area contributed by atoms with Gasteiger partial charge in [-0.05, 0) is 86.3 Å². The highest BCUT2D eigenvalue weighted by molar-refractivity contribution is 5.96. The van der Waals surface area contributed by atoms with Gasteiger partial charge in [-0.25, -0.2) is 4.98 Å². The number of imidazole rings is 1. The van der Waals surface area contributed by atoms with Crippen LogP contribution in [0.15, 0.2) is 103 Å². The van der Waals surface area contributed by atoms with Crippen molar-refractivity contribution in [3.05, 3.63) is 126 Å². The fourth-order valence-electron chi connectivity index (χ4n) is 8.60. The van der Waals surface area contributed by atoms with Gasteiger partial charge in [-0.2, -0.15) is 0 Å². The average Bonchev–Trinajstić information content (AvgIpc) is 3.64. The van der Waals surface area contributed by atoms with E-state index in [0.717, 1.165) is 63.8 Å². The molecule has 3 aliphatic heterocycles.